The summed E-state index contributed by atoms with van der Waals surface area (Å²) in [7, 11) is 0. The highest BCUT2D eigenvalue weighted by Crippen LogP contribution is 2.35. The number of piperazine rings is 1. The molecular formula is C28H36FN5O. The monoisotopic (exact) mass is 477 g/mol. The maximum atomic E-state index is 13.7. The van der Waals surface area contributed by atoms with Crippen LogP contribution in [0.2, 0.25) is 0 Å². The predicted molar refractivity (Wildman–Crippen MR) is 138 cm³/mol. The summed E-state index contributed by atoms with van der Waals surface area (Å²) in [6.45, 7) is 11.0. The zero-order valence-corrected chi connectivity index (χ0v) is 20.8. The Morgan fingerprint density at radius 1 is 1.00 bits per heavy atom. The van der Waals surface area contributed by atoms with Crippen LogP contribution in [0, 0.1) is 5.82 Å². The third-order valence-electron chi connectivity index (χ3n) is 7.29. The average Bonchev–Trinajstić information content (AvgIpc) is 3.66. The van der Waals surface area contributed by atoms with Gasteiger partial charge in [-0.25, -0.2) is 9.07 Å². The van der Waals surface area contributed by atoms with E-state index in [2.05, 4.69) is 34.6 Å². The second kappa shape index (κ2) is 10.4. The number of phenolic OH excluding ortho intramolecular Hbond substituents is 1. The third kappa shape index (κ3) is 5.36. The Kier molecular flexibility index (Phi) is 7.07. The molecule has 0 bridgehead atoms. The van der Waals surface area contributed by atoms with Gasteiger partial charge in [0.1, 0.15) is 17.4 Å². The lowest BCUT2D eigenvalue weighted by Crippen LogP contribution is -2.47. The molecule has 1 saturated carbocycles. The highest BCUT2D eigenvalue weighted by Gasteiger charge is 2.33. The molecule has 1 aromatic heterocycles. The molecule has 7 heteroatoms. The zero-order chi connectivity index (χ0) is 24.4. The molecule has 0 amide bonds. The van der Waals surface area contributed by atoms with Crippen molar-refractivity contribution in [1.29, 1.82) is 0 Å². The first-order valence-corrected chi connectivity index (χ1v) is 12.9. The Bertz CT molecular complexity index is 1130. The van der Waals surface area contributed by atoms with Crippen molar-refractivity contribution in [3.8, 4) is 11.4 Å². The SMILES string of the molecule is CCc1nn(-c2ccc(F)cc2)c(N2CCN(CC)CC2)c1CN(Cc1cccc(O)c1)C1CC1. The molecule has 2 aromatic carbocycles. The van der Waals surface area contributed by atoms with E-state index < -0.39 is 0 Å². The van der Waals surface area contributed by atoms with E-state index in [0.29, 0.717) is 11.8 Å². The highest BCUT2D eigenvalue weighted by atomic mass is 19.1. The zero-order valence-electron chi connectivity index (χ0n) is 20.8. The van der Waals surface area contributed by atoms with Gasteiger partial charge in [0, 0.05) is 50.9 Å². The predicted octanol–water partition coefficient (Wildman–Crippen LogP) is 4.59. The van der Waals surface area contributed by atoms with Crippen LogP contribution in [0.3, 0.4) is 0 Å². The van der Waals surface area contributed by atoms with E-state index in [4.69, 9.17) is 5.10 Å². The molecule has 0 atom stereocenters. The van der Waals surface area contributed by atoms with Gasteiger partial charge in [-0.05, 0) is 67.8 Å². The van der Waals surface area contributed by atoms with Gasteiger partial charge in [0.05, 0.1) is 11.4 Å². The molecule has 0 unspecified atom stereocenters. The minimum absolute atomic E-state index is 0.235. The quantitative estimate of drug-likeness (QED) is 0.489. The van der Waals surface area contributed by atoms with E-state index in [1.54, 1.807) is 6.07 Å². The van der Waals surface area contributed by atoms with Crippen LogP contribution in [0.1, 0.15) is 43.5 Å². The Hall–Kier alpha value is -2.90. The fourth-order valence-electron chi connectivity index (χ4n) is 5.14. The van der Waals surface area contributed by atoms with Crippen molar-refractivity contribution in [3.05, 3.63) is 71.2 Å². The summed E-state index contributed by atoms with van der Waals surface area (Å²) in [4.78, 5) is 7.48. The van der Waals surface area contributed by atoms with Crippen LogP contribution in [0.4, 0.5) is 10.2 Å². The highest BCUT2D eigenvalue weighted by molar-refractivity contribution is 5.56. The van der Waals surface area contributed by atoms with E-state index in [9.17, 15) is 9.50 Å². The lowest BCUT2D eigenvalue weighted by molar-refractivity contribution is 0.243. The third-order valence-corrected chi connectivity index (χ3v) is 7.29. The molecule has 1 N–H and O–H groups in total. The van der Waals surface area contributed by atoms with Crippen molar-refractivity contribution in [2.45, 2.75) is 52.2 Å². The van der Waals surface area contributed by atoms with Crippen molar-refractivity contribution in [2.24, 2.45) is 0 Å². The van der Waals surface area contributed by atoms with Crippen LogP contribution in [0.25, 0.3) is 5.69 Å². The number of hydrogen-bond donors (Lipinski definition) is 1. The number of aryl methyl sites for hydroxylation is 1. The van der Waals surface area contributed by atoms with Crippen LogP contribution in [-0.4, -0.2) is 63.5 Å². The Labute approximate surface area is 207 Å². The van der Waals surface area contributed by atoms with Gasteiger partial charge in [-0.15, -0.1) is 0 Å². The van der Waals surface area contributed by atoms with Crippen molar-refractivity contribution >= 4 is 5.82 Å². The number of aromatic hydroxyl groups is 1. The molecule has 2 heterocycles. The van der Waals surface area contributed by atoms with E-state index in [-0.39, 0.29) is 5.82 Å². The summed E-state index contributed by atoms with van der Waals surface area (Å²) in [5.74, 6) is 1.22. The molecule has 1 aliphatic carbocycles. The molecule has 3 aromatic rings. The fraction of sp³-hybridized carbons (Fsp3) is 0.464. The van der Waals surface area contributed by atoms with Gasteiger partial charge in [0.25, 0.3) is 0 Å². The summed E-state index contributed by atoms with van der Waals surface area (Å²) in [6, 6.07) is 14.8. The lowest BCUT2D eigenvalue weighted by atomic mass is 10.1. The first-order valence-electron chi connectivity index (χ1n) is 12.9. The van der Waals surface area contributed by atoms with Gasteiger partial charge in [0.15, 0.2) is 0 Å². The largest absolute Gasteiger partial charge is 0.508 e. The summed E-state index contributed by atoms with van der Waals surface area (Å²) >= 11 is 0. The Balaban J connectivity index is 1.52. The molecule has 2 fully saturated rings. The number of halogens is 1. The first-order chi connectivity index (χ1) is 17.1. The number of rotatable bonds is 9. The van der Waals surface area contributed by atoms with E-state index in [1.807, 2.05) is 28.9 Å². The average molecular weight is 478 g/mol. The molecule has 6 nitrogen and oxygen atoms in total. The van der Waals surface area contributed by atoms with E-state index in [1.165, 1.54) is 30.5 Å². The lowest BCUT2D eigenvalue weighted by Gasteiger charge is -2.36. The second-order valence-corrected chi connectivity index (χ2v) is 9.72. The molecule has 0 radical (unpaired) electrons. The topological polar surface area (TPSA) is 47.8 Å². The van der Waals surface area contributed by atoms with Crippen LogP contribution >= 0.6 is 0 Å². The van der Waals surface area contributed by atoms with Gasteiger partial charge < -0.3 is 14.9 Å². The molecule has 5 rings (SSSR count). The molecule has 1 aliphatic heterocycles. The number of phenols is 1. The van der Waals surface area contributed by atoms with Crippen LogP contribution in [0.15, 0.2) is 48.5 Å². The number of nitrogens with zero attached hydrogens (tertiary/aromatic N) is 5. The minimum Gasteiger partial charge on any atom is -0.508 e. The maximum absolute atomic E-state index is 13.7. The normalized spacial score (nSPS) is 16.9. The molecule has 0 spiro atoms. The maximum Gasteiger partial charge on any atom is 0.137 e. The molecule has 1 saturated heterocycles. The number of benzene rings is 2. The molecular weight excluding hydrogens is 441 g/mol. The molecule has 35 heavy (non-hydrogen) atoms. The standard InChI is InChI=1S/C28H36FN5O/c1-3-27-26(20-33(23-12-13-23)19-21-6-5-7-25(35)18-21)28(32-16-14-31(4-2)15-17-32)34(30-27)24-10-8-22(29)9-11-24/h5-11,18,23,35H,3-4,12-17,19-20H2,1-2H3. The number of aromatic nitrogens is 2. The van der Waals surface area contributed by atoms with Crippen molar-refractivity contribution in [1.82, 2.24) is 19.6 Å². The summed E-state index contributed by atoms with van der Waals surface area (Å²) in [5, 5.41) is 15.1. The van der Waals surface area contributed by atoms with Gasteiger partial charge in [-0.1, -0.05) is 26.0 Å². The number of hydrogen-bond acceptors (Lipinski definition) is 5. The van der Waals surface area contributed by atoms with Crippen LogP contribution in [0.5, 0.6) is 5.75 Å². The molecule has 186 valence electrons. The number of likely N-dealkylation sites (N-methyl/N-ethyl adjacent to an activating group) is 1. The summed E-state index contributed by atoms with van der Waals surface area (Å²) in [5.41, 5.74) is 4.39. The van der Waals surface area contributed by atoms with Crippen molar-refractivity contribution in [2.75, 3.05) is 37.6 Å². The first kappa shape index (κ1) is 23.8. The van der Waals surface area contributed by atoms with Crippen molar-refractivity contribution < 1.29 is 9.50 Å². The van der Waals surface area contributed by atoms with Gasteiger partial charge >= 0.3 is 0 Å². The smallest absolute Gasteiger partial charge is 0.137 e. The molecule has 2 aliphatic rings. The fourth-order valence-corrected chi connectivity index (χ4v) is 5.14. The van der Waals surface area contributed by atoms with Crippen LogP contribution < -0.4 is 4.90 Å². The minimum atomic E-state index is -0.235. The summed E-state index contributed by atoms with van der Waals surface area (Å²) in [6.07, 6.45) is 3.25. The van der Waals surface area contributed by atoms with E-state index >= 15 is 0 Å². The van der Waals surface area contributed by atoms with Crippen molar-refractivity contribution in [3.63, 3.8) is 0 Å². The van der Waals surface area contributed by atoms with Gasteiger partial charge in [-0.3, -0.25) is 4.90 Å². The van der Waals surface area contributed by atoms with E-state index in [0.717, 1.165) is 75.0 Å². The van der Waals surface area contributed by atoms with Gasteiger partial charge in [-0.2, -0.15) is 5.10 Å². The Morgan fingerprint density at radius 3 is 2.37 bits per heavy atom. The number of anilines is 1. The second-order valence-electron chi connectivity index (χ2n) is 9.72. The summed E-state index contributed by atoms with van der Waals surface area (Å²) < 4.78 is 15.8. The Morgan fingerprint density at radius 2 is 1.74 bits per heavy atom. The van der Waals surface area contributed by atoms with Crippen LogP contribution in [-0.2, 0) is 19.5 Å². The van der Waals surface area contributed by atoms with Gasteiger partial charge in [0.2, 0.25) is 0 Å².